The summed E-state index contributed by atoms with van der Waals surface area (Å²) < 4.78 is 2.06. The van der Waals surface area contributed by atoms with Crippen molar-refractivity contribution in [1.29, 1.82) is 0 Å². The Kier molecular flexibility index (Phi) is 4.68. The van der Waals surface area contributed by atoms with Crippen LogP contribution < -0.4 is 5.32 Å². The number of urea groups is 1. The molecule has 0 bridgehead atoms. The highest BCUT2D eigenvalue weighted by atomic mass is 16.2. The van der Waals surface area contributed by atoms with Crippen molar-refractivity contribution in [3.63, 3.8) is 0 Å². The van der Waals surface area contributed by atoms with E-state index in [4.69, 9.17) is 0 Å². The van der Waals surface area contributed by atoms with Gasteiger partial charge >= 0.3 is 6.03 Å². The Bertz CT molecular complexity index is 745. The van der Waals surface area contributed by atoms with Gasteiger partial charge in [-0.05, 0) is 24.8 Å². The first kappa shape index (κ1) is 17.1. The number of hydrogen-bond acceptors (Lipinski definition) is 3. The average molecular weight is 353 g/mol. The predicted molar refractivity (Wildman–Crippen MR) is 101 cm³/mol. The molecule has 2 aliphatic rings. The van der Waals surface area contributed by atoms with Gasteiger partial charge in [0, 0.05) is 51.2 Å². The van der Waals surface area contributed by atoms with E-state index >= 15 is 0 Å². The second kappa shape index (κ2) is 7.11. The summed E-state index contributed by atoms with van der Waals surface area (Å²) in [5.74, 6) is 1.07. The van der Waals surface area contributed by atoms with Gasteiger partial charge in [0.1, 0.15) is 5.82 Å². The van der Waals surface area contributed by atoms with Crippen LogP contribution in [0.15, 0.2) is 42.7 Å². The lowest BCUT2D eigenvalue weighted by molar-refractivity contribution is 0.130. The molecule has 1 aromatic heterocycles. The zero-order valence-electron chi connectivity index (χ0n) is 15.4. The molecule has 138 valence electrons. The normalized spacial score (nSPS) is 19.3. The highest BCUT2D eigenvalue weighted by Crippen LogP contribution is 2.38. The molecule has 1 aromatic carbocycles. The molecular weight excluding hydrogens is 326 g/mol. The van der Waals surface area contributed by atoms with Gasteiger partial charge in [-0.25, -0.2) is 9.78 Å². The van der Waals surface area contributed by atoms with Crippen molar-refractivity contribution in [3.8, 4) is 0 Å². The van der Waals surface area contributed by atoms with Crippen LogP contribution in [0.25, 0.3) is 0 Å². The molecule has 0 atom stereocenters. The maximum atomic E-state index is 12.7. The molecule has 2 amide bonds. The van der Waals surface area contributed by atoms with E-state index in [1.807, 2.05) is 30.4 Å². The topological polar surface area (TPSA) is 53.4 Å². The maximum absolute atomic E-state index is 12.7. The van der Waals surface area contributed by atoms with Crippen LogP contribution in [0, 0.1) is 0 Å². The summed E-state index contributed by atoms with van der Waals surface area (Å²) in [5.41, 5.74) is 1.27. The number of benzene rings is 1. The molecule has 1 saturated carbocycles. The molecule has 4 rings (SSSR count). The van der Waals surface area contributed by atoms with Crippen LogP contribution in [0.4, 0.5) is 4.79 Å². The smallest absolute Gasteiger partial charge is 0.317 e. The number of rotatable bonds is 5. The molecule has 6 nitrogen and oxygen atoms in total. The van der Waals surface area contributed by atoms with Gasteiger partial charge in [0.15, 0.2) is 0 Å². The molecule has 2 aromatic rings. The Morgan fingerprint density at radius 1 is 1.15 bits per heavy atom. The van der Waals surface area contributed by atoms with Crippen molar-refractivity contribution in [1.82, 2.24) is 24.7 Å². The number of carbonyl (C=O) groups is 1. The van der Waals surface area contributed by atoms with Crippen molar-refractivity contribution in [2.45, 2.75) is 31.3 Å². The molecule has 1 N–H and O–H groups in total. The van der Waals surface area contributed by atoms with Crippen molar-refractivity contribution in [2.24, 2.45) is 7.05 Å². The number of aryl methyl sites for hydroxylation is 1. The third-order valence-corrected chi connectivity index (χ3v) is 5.56. The van der Waals surface area contributed by atoms with E-state index in [9.17, 15) is 4.79 Å². The fourth-order valence-electron chi connectivity index (χ4n) is 3.65. The summed E-state index contributed by atoms with van der Waals surface area (Å²) >= 11 is 0. The molecule has 0 unspecified atom stereocenters. The zero-order chi connectivity index (χ0) is 18.0. The number of piperazine rings is 1. The molecule has 0 spiro atoms. The van der Waals surface area contributed by atoms with Crippen LogP contribution in [-0.2, 0) is 20.0 Å². The first-order valence-corrected chi connectivity index (χ1v) is 9.43. The molecule has 6 heteroatoms. The fraction of sp³-hybridized carbons (Fsp3) is 0.500. The number of imidazole rings is 1. The van der Waals surface area contributed by atoms with Gasteiger partial charge in [-0.1, -0.05) is 30.3 Å². The molecular formula is C20H27N5O. The van der Waals surface area contributed by atoms with Gasteiger partial charge in [0.05, 0.1) is 6.54 Å². The van der Waals surface area contributed by atoms with Crippen LogP contribution in [0.2, 0.25) is 0 Å². The first-order chi connectivity index (χ1) is 12.6. The number of aromatic nitrogens is 2. The molecule has 1 saturated heterocycles. The van der Waals surface area contributed by atoms with Crippen LogP contribution in [0.1, 0.15) is 24.2 Å². The van der Waals surface area contributed by atoms with E-state index in [2.05, 4.69) is 44.0 Å². The second-order valence-electron chi connectivity index (χ2n) is 7.59. The van der Waals surface area contributed by atoms with Crippen LogP contribution >= 0.6 is 0 Å². The van der Waals surface area contributed by atoms with E-state index in [0.29, 0.717) is 0 Å². The Morgan fingerprint density at radius 2 is 1.88 bits per heavy atom. The lowest BCUT2D eigenvalue weighted by Gasteiger charge is -2.35. The molecule has 26 heavy (non-hydrogen) atoms. The Labute approximate surface area is 154 Å². The standard InChI is InChI=1S/C20H27N5O/c1-23-10-9-21-18(23)16-24-11-13-25(14-12-24)19(26)22-20(7-8-20)15-17-5-3-2-4-6-17/h2-6,9-10H,7-8,11-16H2,1H3,(H,22,26). The van der Waals surface area contributed by atoms with E-state index in [0.717, 1.165) is 57.8 Å². The fourth-order valence-corrected chi connectivity index (χ4v) is 3.65. The van der Waals surface area contributed by atoms with Crippen LogP contribution in [0.5, 0.6) is 0 Å². The van der Waals surface area contributed by atoms with Gasteiger partial charge in [0.25, 0.3) is 0 Å². The summed E-state index contributed by atoms with van der Waals surface area (Å²) in [7, 11) is 2.02. The zero-order valence-corrected chi connectivity index (χ0v) is 15.4. The number of hydrogen-bond donors (Lipinski definition) is 1. The van der Waals surface area contributed by atoms with Crippen molar-refractivity contribution >= 4 is 6.03 Å². The summed E-state index contributed by atoms with van der Waals surface area (Å²) in [6.45, 7) is 4.18. The molecule has 1 aliphatic carbocycles. The third-order valence-electron chi connectivity index (χ3n) is 5.56. The Morgan fingerprint density at radius 3 is 2.50 bits per heavy atom. The maximum Gasteiger partial charge on any atom is 0.317 e. The van der Waals surface area contributed by atoms with E-state index < -0.39 is 0 Å². The SMILES string of the molecule is Cn1ccnc1CN1CCN(C(=O)NC2(Cc3ccccc3)CC2)CC1. The lowest BCUT2D eigenvalue weighted by Crippen LogP contribution is -2.54. The van der Waals surface area contributed by atoms with Crippen molar-refractivity contribution < 1.29 is 4.79 Å². The number of carbonyl (C=O) groups excluding carboxylic acids is 1. The van der Waals surface area contributed by atoms with E-state index in [1.165, 1.54) is 5.56 Å². The minimum absolute atomic E-state index is 0.0253. The molecule has 2 heterocycles. The second-order valence-corrected chi connectivity index (χ2v) is 7.59. The number of nitrogens with zero attached hydrogens (tertiary/aromatic N) is 4. The third kappa shape index (κ3) is 3.90. The monoisotopic (exact) mass is 353 g/mol. The Hall–Kier alpha value is -2.34. The average Bonchev–Trinajstić information content (AvgIpc) is 3.28. The van der Waals surface area contributed by atoms with Gasteiger partial charge in [-0.2, -0.15) is 0 Å². The minimum Gasteiger partial charge on any atom is -0.337 e. The summed E-state index contributed by atoms with van der Waals surface area (Å²) in [4.78, 5) is 21.4. The quantitative estimate of drug-likeness (QED) is 0.895. The number of nitrogens with one attached hydrogen (secondary N) is 1. The van der Waals surface area contributed by atoms with E-state index in [1.54, 1.807) is 0 Å². The van der Waals surface area contributed by atoms with Gasteiger partial charge in [-0.3, -0.25) is 4.90 Å². The minimum atomic E-state index is -0.0253. The Balaban J connectivity index is 1.27. The highest BCUT2D eigenvalue weighted by Gasteiger charge is 2.44. The van der Waals surface area contributed by atoms with Crippen LogP contribution in [0.3, 0.4) is 0 Å². The van der Waals surface area contributed by atoms with Gasteiger partial charge in [0.2, 0.25) is 0 Å². The van der Waals surface area contributed by atoms with Crippen molar-refractivity contribution in [3.05, 3.63) is 54.1 Å². The largest absolute Gasteiger partial charge is 0.337 e. The molecule has 0 radical (unpaired) electrons. The first-order valence-electron chi connectivity index (χ1n) is 9.43. The predicted octanol–water partition coefficient (Wildman–Crippen LogP) is 2.02. The van der Waals surface area contributed by atoms with E-state index in [-0.39, 0.29) is 11.6 Å². The summed E-state index contributed by atoms with van der Waals surface area (Å²) in [6, 6.07) is 10.5. The lowest BCUT2D eigenvalue weighted by atomic mass is 10.0. The van der Waals surface area contributed by atoms with Gasteiger partial charge in [-0.15, -0.1) is 0 Å². The van der Waals surface area contributed by atoms with Gasteiger partial charge < -0.3 is 14.8 Å². The highest BCUT2D eigenvalue weighted by molar-refractivity contribution is 5.75. The van der Waals surface area contributed by atoms with Crippen LogP contribution in [-0.4, -0.2) is 57.1 Å². The van der Waals surface area contributed by atoms with Crippen molar-refractivity contribution in [2.75, 3.05) is 26.2 Å². The molecule has 2 fully saturated rings. The molecule has 1 aliphatic heterocycles. The number of amides is 2. The summed E-state index contributed by atoms with van der Waals surface area (Å²) in [5, 5.41) is 3.31. The summed E-state index contributed by atoms with van der Waals surface area (Å²) in [6.07, 6.45) is 6.89.